The standard InChI is InChI=1S/C30H27F5N4O3/c1-16-7-5-12-21-23(16)38-29(42)27(37-24(21)18-10-6-11-19(15-18)25(31)32)39-28(41)20(13-14-30(33,34)35)22(26(36)40)17-8-3-2-4-9-17/h2-12,15,20,22,25,27H,13-14H2,1H3,(H2,36,40)(H,38,42)(H,39,41)/t20?,22?,27-/m1/s1. The number of aliphatic imine (C=N–C) groups is 1. The van der Waals surface area contributed by atoms with Crippen molar-refractivity contribution >= 4 is 29.1 Å². The van der Waals surface area contributed by atoms with E-state index in [2.05, 4.69) is 15.6 Å². The molecule has 2 unspecified atom stereocenters. The summed E-state index contributed by atoms with van der Waals surface area (Å²) in [4.78, 5) is 43.8. The Morgan fingerprint density at radius 3 is 2.31 bits per heavy atom. The van der Waals surface area contributed by atoms with Crippen molar-refractivity contribution in [3.8, 4) is 0 Å². The smallest absolute Gasteiger partial charge is 0.369 e. The van der Waals surface area contributed by atoms with E-state index in [0.29, 0.717) is 16.8 Å². The predicted octanol–water partition coefficient (Wildman–Crippen LogP) is 5.39. The fourth-order valence-electron chi connectivity index (χ4n) is 4.89. The zero-order valence-corrected chi connectivity index (χ0v) is 22.3. The second kappa shape index (κ2) is 12.5. The fraction of sp³-hybridized carbons (Fsp3) is 0.267. The van der Waals surface area contributed by atoms with Crippen LogP contribution < -0.4 is 16.4 Å². The molecule has 1 heterocycles. The summed E-state index contributed by atoms with van der Waals surface area (Å²) in [6.07, 6.45) is -11.3. The van der Waals surface area contributed by atoms with E-state index in [9.17, 15) is 36.3 Å². The monoisotopic (exact) mass is 586 g/mol. The topological polar surface area (TPSA) is 114 Å². The number of rotatable bonds is 9. The third-order valence-corrected chi connectivity index (χ3v) is 6.92. The number of hydrogen-bond acceptors (Lipinski definition) is 4. The van der Waals surface area contributed by atoms with Crippen molar-refractivity contribution in [1.82, 2.24) is 5.32 Å². The van der Waals surface area contributed by atoms with Gasteiger partial charge in [-0.25, -0.2) is 13.8 Å². The Hall–Kier alpha value is -4.61. The first-order chi connectivity index (χ1) is 19.9. The molecule has 1 aliphatic heterocycles. The second-order valence-corrected chi connectivity index (χ2v) is 9.85. The number of fused-ring (bicyclic) bond motifs is 1. The highest BCUT2D eigenvalue weighted by molar-refractivity contribution is 6.20. The molecule has 0 spiro atoms. The van der Waals surface area contributed by atoms with Gasteiger partial charge < -0.3 is 16.4 Å². The number of anilines is 1. The van der Waals surface area contributed by atoms with Crippen molar-refractivity contribution in [3.05, 3.63) is 101 Å². The van der Waals surface area contributed by atoms with Gasteiger partial charge in [0.15, 0.2) is 0 Å². The first kappa shape index (κ1) is 30.4. The number of hydrogen-bond donors (Lipinski definition) is 3. The third kappa shape index (κ3) is 6.99. The molecule has 0 radical (unpaired) electrons. The Bertz CT molecular complexity index is 1510. The summed E-state index contributed by atoms with van der Waals surface area (Å²) in [5.74, 6) is -5.94. The maximum Gasteiger partial charge on any atom is 0.389 e. The minimum Gasteiger partial charge on any atom is -0.369 e. The summed E-state index contributed by atoms with van der Waals surface area (Å²) in [6, 6.07) is 18.0. The molecular formula is C30H27F5N4O3. The van der Waals surface area contributed by atoms with Crippen LogP contribution in [0.5, 0.6) is 0 Å². The van der Waals surface area contributed by atoms with Crippen LogP contribution in [0.25, 0.3) is 0 Å². The molecule has 3 amide bonds. The third-order valence-electron chi connectivity index (χ3n) is 6.92. The molecule has 0 saturated heterocycles. The number of amides is 3. The van der Waals surface area contributed by atoms with E-state index >= 15 is 0 Å². The zero-order valence-electron chi connectivity index (χ0n) is 22.3. The molecule has 4 N–H and O–H groups in total. The highest BCUT2D eigenvalue weighted by Crippen LogP contribution is 2.34. The highest BCUT2D eigenvalue weighted by atomic mass is 19.4. The van der Waals surface area contributed by atoms with Gasteiger partial charge in [0.05, 0.1) is 23.2 Å². The van der Waals surface area contributed by atoms with Gasteiger partial charge in [0.25, 0.3) is 12.3 Å². The van der Waals surface area contributed by atoms with Crippen molar-refractivity contribution in [3.63, 3.8) is 0 Å². The first-order valence-electron chi connectivity index (χ1n) is 12.9. The van der Waals surface area contributed by atoms with Crippen LogP contribution in [0.2, 0.25) is 0 Å². The molecule has 42 heavy (non-hydrogen) atoms. The molecule has 220 valence electrons. The average Bonchev–Trinajstić information content (AvgIpc) is 3.07. The fourth-order valence-corrected chi connectivity index (χ4v) is 4.89. The number of halogens is 5. The normalized spacial score (nSPS) is 16.5. The summed E-state index contributed by atoms with van der Waals surface area (Å²) in [6.45, 7) is 1.70. The summed E-state index contributed by atoms with van der Waals surface area (Å²) in [5.41, 5.74) is 7.16. The lowest BCUT2D eigenvalue weighted by Gasteiger charge is -2.26. The molecule has 0 aromatic heterocycles. The zero-order chi connectivity index (χ0) is 30.6. The number of primary amides is 1. The molecule has 3 atom stereocenters. The van der Waals surface area contributed by atoms with E-state index in [1.165, 1.54) is 36.4 Å². The number of nitrogens with zero attached hydrogens (tertiary/aromatic N) is 1. The lowest BCUT2D eigenvalue weighted by atomic mass is 9.81. The van der Waals surface area contributed by atoms with Gasteiger partial charge in [-0.3, -0.25) is 14.4 Å². The van der Waals surface area contributed by atoms with E-state index in [1.807, 2.05) is 0 Å². The Labute approximate surface area is 238 Å². The summed E-state index contributed by atoms with van der Waals surface area (Å²) >= 11 is 0. The molecule has 0 bridgehead atoms. The maximum absolute atomic E-state index is 13.6. The number of carbonyl (C=O) groups is 3. The number of nitrogens with two attached hydrogens (primary N) is 1. The van der Waals surface area contributed by atoms with Crippen molar-refractivity contribution in [2.45, 2.75) is 44.5 Å². The van der Waals surface area contributed by atoms with Crippen LogP contribution in [0, 0.1) is 12.8 Å². The second-order valence-electron chi connectivity index (χ2n) is 9.85. The van der Waals surface area contributed by atoms with E-state index in [1.54, 1.807) is 43.3 Å². The Morgan fingerprint density at radius 2 is 1.67 bits per heavy atom. The number of benzene rings is 3. The number of nitrogens with one attached hydrogen (secondary N) is 2. The van der Waals surface area contributed by atoms with E-state index in [0.717, 1.165) is 0 Å². The molecule has 7 nitrogen and oxygen atoms in total. The Kier molecular flexibility index (Phi) is 9.03. The molecule has 1 aliphatic rings. The SMILES string of the molecule is Cc1cccc2c1NC(=O)[C@@H](NC(=O)C(CCC(F)(F)F)C(C(N)=O)c1ccccc1)N=C2c1cccc(C(F)F)c1. The van der Waals surface area contributed by atoms with Crippen LogP contribution >= 0.6 is 0 Å². The number of benzodiazepines with no additional fused rings is 1. The number of carbonyl (C=O) groups excluding carboxylic acids is 3. The van der Waals surface area contributed by atoms with Crippen molar-refractivity contribution < 1.29 is 36.3 Å². The van der Waals surface area contributed by atoms with Gasteiger partial charge in [-0.05, 0) is 30.5 Å². The van der Waals surface area contributed by atoms with Crippen molar-refractivity contribution in [2.24, 2.45) is 16.6 Å². The Balaban J connectivity index is 1.77. The van der Waals surface area contributed by atoms with Gasteiger partial charge in [-0.15, -0.1) is 0 Å². The van der Waals surface area contributed by atoms with Gasteiger partial charge in [-0.1, -0.05) is 66.7 Å². The molecule has 12 heteroatoms. The van der Waals surface area contributed by atoms with E-state index < -0.39 is 61.2 Å². The number of alkyl halides is 5. The predicted molar refractivity (Wildman–Crippen MR) is 146 cm³/mol. The minimum absolute atomic E-state index is 0.0983. The largest absolute Gasteiger partial charge is 0.389 e. The minimum atomic E-state index is -4.64. The van der Waals surface area contributed by atoms with Crippen LogP contribution in [-0.2, 0) is 14.4 Å². The van der Waals surface area contributed by atoms with Crippen LogP contribution in [0.3, 0.4) is 0 Å². The van der Waals surface area contributed by atoms with E-state index in [4.69, 9.17) is 5.73 Å². The lowest BCUT2D eigenvalue weighted by molar-refractivity contribution is -0.144. The molecule has 0 aliphatic carbocycles. The van der Waals surface area contributed by atoms with Gasteiger partial charge in [-0.2, -0.15) is 13.2 Å². The Morgan fingerprint density at radius 1 is 1.00 bits per heavy atom. The molecule has 0 fully saturated rings. The first-order valence-corrected chi connectivity index (χ1v) is 12.9. The van der Waals surface area contributed by atoms with Crippen LogP contribution in [-0.4, -0.2) is 35.8 Å². The highest BCUT2D eigenvalue weighted by Gasteiger charge is 2.39. The van der Waals surface area contributed by atoms with Crippen molar-refractivity contribution in [1.29, 1.82) is 0 Å². The van der Waals surface area contributed by atoms with Gasteiger partial charge in [0, 0.05) is 23.1 Å². The molecular weight excluding hydrogens is 559 g/mol. The van der Waals surface area contributed by atoms with Crippen LogP contribution in [0.1, 0.15) is 53.0 Å². The van der Waals surface area contributed by atoms with Crippen molar-refractivity contribution in [2.75, 3.05) is 5.32 Å². The molecule has 3 aromatic carbocycles. The maximum atomic E-state index is 13.6. The lowest BCUT2D eigenvalue weighted by Crippen LogP contribution is -2.47. The summed E-state index contributed by atoms with van der Waals surface area (Å²) in [5, 5.41) is 5.05. The van der Waals surface area contributed by atoms with Gasteiger partial charge in [0.2, 0.25) is 18.0 Å². The molecule has 0 saturated carbocycles. The number of aryl methyl sites for hydroxylation is 1. The van der Waals surface area contributed by atoms with E-state index in [-0.39, 0.29) is 22.4 Å². The van der Waals surface area contributed by atoms with Crippen LogP contribution in [0.4, 0.5) is 27.6 Å². The quantitative estimate of drug-likeness (QED) is 0.292. The molecule has 3 aromatic rings. The average molecular weight is 587 g/mol. The van der Waals surface area contributed by atoms with Crippen LogP contribution in [0.15, 0.2) is 77.8 Å². The van der Waals surface area contributed by atoms with Gasteiger partial charge in [0.1, 0.15) is 0 Å². The summed E-state index contributed by atoms with van der Waals surface area (Å²) in [7, 11) is 0. The van der Waals surface area contributed by atoms with Gasteiger partial charge >= 0.3 is 6.18 Å². The summed E-state index contributed by atoms with van der Waals surface area (Å²) < 4.78 is 66.8. The number of para-hydroxylation sites is 1. The molecule has 4 rings (SSSR count).